The van der Waals surface area contributed by atoms with Gasteiger partial charge in [0.15, 0.2) is 0 Å². The van der Waals surface area contributed by atoms with Crippen LogP contribution in [0.2, 0.25) is 0 Å². The molecule has 0 saturated carbocycles. The standard InChI is InChI=1S/C13H14BrNO2S/c14-8-4-1-5-9-15-12(16)10-6-2-3-7-11(10)18-13(15)17/h2-3,6-7H,1,4-5,8-9H2. The number of hydrogen-bond acceptors (Lipinski definition) is 3. The molecule has 0 spiro atoms. The zero-order valence-electron chi connectivity index (χ0n) is 9.89. The van der Waals surface area contributed by atoms with E-state index in [4.69, 9.17) is 0 Å². The van der Waals surface area contributed by atoms with Crippen LogP contribution in [0.1, 0.15) is 19.3 Å². The SMILES string of the molecule is O=c1sc2ccccc2c(=O)n1CCCCCBr. The second kappa shape index (κ2) is 6.29. The van der Waals surface area contributed by atoms with E-state index in [0.717, 1.165) is 40.6 Å². The summed E-state index contributed by atoms with van der Waals surface area (Å²) in [5.41, 5.74) is -0.159. The first-order valence-electron chi connectivity index (χ1n) is 5.92. The van der Waals surface area contributed by atoms with Crippen molar-refractivity contribution in [1.29, 1.82) is 0 Å². The van der Waals surface area contributed by atoms with Gasteiger partial charge in [-0.1, -0.05) is 45.8 Å². The number of aromatic nitrogens is 1. The summed E-state index contributed by atoms with van der Waals surface area (Å²) in [7, 11) is 0. The number of unbranched alkanes of at least 4 members (excludes halogenated alkanes) is 2. The van der Waals surface area contributed by atoms with Crippen molar-refractivity contribution in [2.45, 2.75) is 25.8 Å². The van der Waals surface area contributed by atoms with Gasteiger partial charge < -0.3 is 0 Å². The third-order valence-electron chi connectivity index (χ3n) is 2.80. The van der Waals surface area contributed by atoms with Gasteiger partial charge in [0, 0.05) is 16.6 Å². The van der Waals surface area contributed by atoms with Crippen molar-refractivity contribution in [1.82, 2.24) is 4.57 Å². The highest BCUT2D eigenvalue weighted by Crippen LogP contribution is 2.11. The minimum atomic E-state index is -0.159. The number of halogens is 1. The van der Waals surface area contributed by atoms with Gasteiger partial charge in [0.2, 0.25) is 0 Å². The lowest BCUT2D eigenvalue weighted by Crippen LogP contribution is -2.31. The van der Waals surface area contributed by atoms with E-state index in [-0.39, 0.29) is 10.4 Å². The van der Waals surface area contributed by atoms with E-state index in [1.165, 1.54) is 4.57 Å². The number of alkyl halides is 1. The maximum absolute atomic E-state index is 12.2. The molecule has 18 heavy (non-hydrogen) atoms. The van der Waals surface area contributed by atoms with Gasteiger partial charge in [0.25, 0.3) is 5.56 Å². The molecule has 0 radical (unpaired) electrons. The van der Waals surface area contributed by atoms with E-state index in [0.29, 0.717) is 11.9 Å². The number of benzene rings is 1. The fourth-order valence-electron chi connectivity index (χ4n) is 1.84. The minimum absolute atomic E-state index is 0.155. The van der Waals surface area contributed by atoms with Crippen LogP contribution in [0.15, 0.2) is 33.9 Å². The van der Waals surface area contributed by atoms with Crippen LogP contribution in [0, 0.1) is 0 Å². The Morgan fingerprint density at radius 1 is 1.11 bits per heavy atom. The normalized spacial score (nSPS) is 10.9. The van der Waals surface area contributed by atoms with Crippen molar-refractivity contribution in [2.24, 2.45) is 0 Å². The Bertz CT molecular complexity index is 647. The van der Waals surface area contributed by atoms with Gasteiger partial charge in [-0.05, 0) is 25.0 Å². The maximum atomic E-state index is 12.2. The highest BCUT2D eigenvalue weighted by molar-refractivity contribution is 9.09. The van der Waals surface area contributed by atoms with E-state index in [1.807, 2.05) is 18.2 Å². The summed E-state index contributed by atoms with van der Waals surface area (Å²) in [5.74, 6) is 0. The topological polar surface area (TPSA) is 39.1 Å². The smallest absolute Gasteiger partial charge is 0.269 e. The monoisotopic (exact) mass is 327 g/mol. The van der Waals surface area contributed by atoms with Gasteiger partial charge in [0.05, 0.1) is 5.39 Å². The lowest BCUT2D eigenvalue weighted by molar-refractivity contribution is 0.586. The molecule has 2 aromatic rings. The van der Waals surface area contributed by atoms with Crippen LogP contribution in [-0.4, -0.2) is 9.90 Å². The van der Waals surface area contributed by atoms with Crippen LogP contribution in [0.3, 0.4) is 0 Å². The molecule has 1 heterocycles. The zero-order chi connectivity index (χ0) is 13.0. The summed E-state index contributed by atoms with van der Waals surface area (Å²) in [6, 6.07) is 7.27. The van der Waals surface area contributed by atoms with E-state index < -0.39 is 0 Å². The number of fused-ring (bicyclic) bond motifs is 1. The Morgan fingerprint density at radius 3 is 2.67 bits per heavy atom. The summed E-state index contributed by atoms with van der Waals surface area (Å²) in [6.07, 6.45) is 2.96. The molecule has 0 fully saturated rings. The van der Waals surface area contributed by atoms with Crippen LogP contribution in [-0.2, 0) is 6.54 Å². The molecule has 0 N–H and O–H groups in total. The molecule has 5 heteroatoms. The average molecular weight is 328 g/mol. The Morgan fingerprint density at radius 2 is 1.89 bits per heavy atom. The summed E-state index contributed by atoms with van der Waals surface area (Å²) < 4.78 is 2.13. The molecule has 2 rings (SSSR count). The molecule has 3 nitrogen and oxygen atoms in total. The van der Waals surface area contributed by atoms with Crippen molar-refractivity contribution in [3.8, 4) is 0 Å². The van der Waals surface area contributed by atoms with E-state index in [2.05, 4.69) is 15.9 Å². The third kappa shape index (κ3) is 2.90. The Hall–Kier alpha value is -0.940. The van der Waals surface area contributed by atoms with E-state index >= 15 is 0 Å². The first kappa shape index (κ1) is 13.5. The zero-order valence-corrected chi connectivity index (χ0v) is 12.3. The summed E-state index contributed by atoms with van der Waals surface area (Å²) >= 11 is 4.51. The van der Waals surface area contributed by atoms with Gasteiger partial charge in [-0.15, -0.1) is 0 Å². The Balaban J connectivity index is 2.33. The largest absolute Gasteiger partial charge is 0.310 e. The molecular weight excluding hydrogens is 314 g/mol. The van der Waals surface area contributed by atoms with Gasteiger partial charge in [-0.3, -0.25) is 14.2 Å². The van der Waals surface area contributed by atoms with Crippen molar-refractivity contribution >= 4 is 37.4 Å². The van der Waals surface area contributed by atoms with Gasteiger partial charge >= 0.3 is 4.87 Å². The molecule has 1 aromatic heterocycles. The average Bonchev–Trinajstić information content (AvgIpc) is 2.38. The predicted molar refractivity (Wildman–Crippen MR) is 80.0 cm³/mol. The van der Waals surface area contributed by atoms with Gasteiger partial charge in [0.1, 0.15) is 0 Å². The molecule has 0 saturated heterocycles. The van der Waals surface area contributed by atoms with E-state index in [1.54, 1.807) is 6.07 Å². The van der Waals surface area contributed by atoms with Gasteiger partial charge in [-0.2, -0.15) is 0 Å². The molecule has 0 atom stereocenters. The molecule has 0 bridgehead atoms. The molecule has 0 aliphatic rings. The third-order valence-corrected chi connectivity index (χ3v) is 4.33. The minimum Gasteiger partial charge on any atom is -0.269 e. The predicted octanol–water partition coefficient (Wildman–Crippen LogP) is 2.99. The van der Waals surface area contributed by atoms with Crippen molar-refractivity contribution in [2.75, 3.05) is 5.33 Å². The van der Waals surface area contributed by atoms with Crippen LogP contribution < -0.4 is 10.4 Å². The first-order chi connectivity index (χ1) is 8.74. The highest BCUT2D eigenvalue weighted by atomic mass is 79.9. The van der Waals surface area contributed by atoms with Crippen molar-refractivity contribution < 1.29 is 0 Å². The lowest BCUT2D eigenvalue weighted by atomic mass is 10.2. The van der Waals surface area contributed by atoms with E-state index in [9.17, 15) is 9.59 Å². The Kier molecular flexibility index (Phi) is 4.72. The summed E-state index contributed by atoms with van der Waals surface area (Å²) in [6.45, 7) is 0.520. The number of rotatable bonds is 5. The molecule has 0 amide bonds. The Labute approximate surface area is 117 Å². The fourth-order valence-corrected chi connectivity index (χ4v) is 3.12. The maximum Gasteiger partial charge on any atom is 0.310 e. The number of hydrogen-bond donors (Lipinski definition) is 0. The molecule has 1 aromatic carbocycles. The lowest BCUT2D eigenvalue weighted by Gasteiger charge is -2.04. The molecule has 96 valence electrons. The molecule has 0 aliphatic heterocycles. The molecule has 0 unspecified atom stereocenters. The van der Waals surface area contributed by atoms with Gasteiger partial charge in [-0.25, -0.2) is 0 Å². The molecular formula is C13H14BrNO2S. The van der Waals surface area contributed by atoms with Crippen molar-refractivity contribution in [3.05, 3.63) is 44.3 Å². The second-order valence-electron chi connectivity index (χ2n) is 4.07. The van der Waals surface area contributed by atoms with Crippen LogP contribution in [0.4, 0.5) is 0 Å². The number of nitrogens with zero attached hydrogens (tertiary/aromatic N) is 1. The quantitative estimate of drug-likeness (QED) is 0.625. The van der Waals surface area contributed by atoms with Crippen LogP contribution in [0.25, 0.3) is 10.1 Å². The highest BCUT2D eigenvalue weighted by Gasteiger charge is 2.06. The molecule has 0 aliphatic carbocycles. The van der Waals surface area contributed by atoms with Crippen LogP contribution in [0.5, 0.6) is 0 Å². The summed E-state index contributed by atoms with van der Waals surface area (Å²) in [5, 5.41) is 1.61. The first-order valence-corrected chi connectivity index (χ1v) is 7.86. The fraction of sp³-hybridized carbons (Fsp3) is 0.385. The van der Waals surface area contributed by atoms with Crippen LogP contribution >= 0.6 is 27.3 Å². The summed E-state index contributed by atoms with van der Waals surface area (Å²) in [4.78, 5) is 23.9. The second-order valence-corrected chi connectivity index (χ2v) is 5.86. The van der Waals surface area contributed by atoms with Crippen molar-refractivity contribution in [3.63, 3.8) is 0 Å².